The SMILES string of the molecule is CC(=O)Oc1ccc(C(=O)N[C@H](Cc2ccccc2F)C(N)=O)cc1. The van der Waals surface area contributed by atoms with Crippen LogP contribution in [-0.4, -0.2) is 23.8 Å². The molecule has 25 heavy (non-hydrogen) atoms. The van der Waals surface area contributed by atoms with E-state index in [4.69, 9.17) is 10.5 Å². The van der Waals surface area contributed by atoms with E-state index in [1.54, 1.807) is 6.07 Å². The van der Waals surface area contributed by atoms with Crippen LogP contribution in [0.15, 0.2) is 48.5 Å². The molecule has 2 aromatic carbocycles. The van der Waals surface area contributed by atoms with Crippen molar-refractivity contribution in [2.75, 3.05) is 0 Å². The highest BCUT2D eigenvalue weighted by atomic mass is 19.1. The number of halogens is 1. The Morgan fingerprint density at radius 1 is 1.12 bits per heavy atom. The highest BCUT2D eigenvalue weighted by Gasteiger charge is 2.21. The molecule has 0 fully saturated rings. The van der Waals surface area contributed by atoms with E-state index in [0.29, 0.717) is 5.75 Å². The molecule has 0 bridgehead atoms. The molecule has 0 saturated heterocycles. The van der Waals surface area contributed by atoms with Gasteiger partial charge in [0.25, 0.3) is 5.91 Å². The Morgan fingerprint density at radius 2 is 1.76 bits per heavy atom. The first kappa shape index (κ1) is 18.1. The van der Waals surface area contributed by atoms with Crippen molar-refractivity contribution in [3.8, 4) is 5.75 Å². The van der Waals surface area contributed by atoms with Gasteiger partial charge in [-0.25, -0.2) is 4.39 Å². The minimum Gasteiger partial charge on any atom is -0.427 e. The van der Waals surface area contributed by atoms with Gasteiger partial charge < -0.3 is 15.8 Å². The van der Waals surface area contributed by atoms with Gasteiger partial charge in [0.15, 0.2) is 0 Å². The molecule has 0 aromatic heterocycles. The van der Waals surface area contributed by atoms with E-state index in [-0.39, 0.29) is 17.5 Å². The highest BCUT2D eigenvalue weighted by Crippen LogP contribution is 2.13. The highest BCUT2D eigenvalue weighted by molar-refractivity contribution is 5.97. The number of primary amides is 1. The lowest BCUT2D eigenvalue weighted by molar-refractivity contribution is -0.131. The van der Waals surface area contributed by atoms with Gasteiger partial charge in [0, 0.05) is 18.9 Å². The monoisotopic (exact) mass is 344 g/mol. The van der Waals surface area contributed by atoms with Crippen molar-refractivity contribution in [1.29, 1.82) is 0 Å². The van der Waals surface area contributed by atoms with Crippen LogP contribution >= 0.6 is 0 Å². The first-order valence-electron chi connectivity index (χ1n) is 7.49. The van der Waals surface area contributed by atoms with Crippen molar-refractivity contribution in [1.82, 2.24) is 5.32 Å². The van der Waals surface area contributed by atoms with Gasteiger partial charge in [0.2, 0.25) is 5.91 Å². The van der Waals surface area contributed by atoms with Crippen molar-refractivity contribution in [2.24, 2.45) is 5.73 Å². The molecular formula is C18H17FN2O4. The fourth-order valence-electron chi connectivity index (χ4n) is 2.19. The Kier molecular flexibility index (Phi) is 5.84. The predicted octanol–water partition coefficient (Wildman–Crippen LogP) is 1.58. The number of benzene rings is 2. The Bertz CT molecular complexity index is 790. The second-order valence-corrected chi connectivity index (χ2v) is 5.34. The number of nitrogens with one attached hydrogen (secondary N) is 1. The minimum absolute atomic E-state index is 0.0563. The molecule has 7 heteroatoms. The third-order valence-electron chi connectivity index (χ3n) is 3.41. The Morgan fingerprint density at radius 3 is 2.32 bits per heavy atom. The summed E-state index contributed by atoms with van der Waals surface area (Å²) in [6.45, 7) is 1.26. The number of carbonyl (C=O) groups excluding carboxylic acids is 3. The van der Waals surface area contributed by atoms with E-state index in [1.807, 2.05) is 0 Å². The second kappa shape index (κ2) is 8.05. The molecule has 0 heterocycles. The Hall–Kier alpha value is -3.22. The lowest BCUT2D eigenvalue weighted by atomic mass is 10.0. The smallest absolute Gasteiger partial charge is 0.308 e. The van der Waals surface area contributed by atoms with E-state index < -0.39 is 29.6 Å². The maximum absolute atomic E-state index is 13.7. The Labute approximate surface area is 143 Å². The van der Waals surface area contributed by atoms with Gasteiger partial charge in [-0.2, -0.15) is 0 Å². The lowest BCUT2D eigenvalue weighted by Crippen LogP contribution is -2.46. The van der Waals surface area contributed by atoms with Crippen molar-refractivity contribution in [3.05, 3.63) is 65.5 Å². The molecule has 6 nitrogen and oxygen atoms in total. The maximum atomic E-state index is 13.7. The summed E-state index contributed by atoms with van der Waals surface area (Å²) >= 11 is 0. The number of rotatable bonds is 6. The molecule has 1 atom stereocenters. The van der Waals surface area contributed by atoms with Crippen LogP contribution in [0.25, 0.3) is 0 Å². The molecule has 0 unspecified atom stereocenters. The van der Waals surface area contributed by atoms with Gasteiger partial charge in [-0.15, -0.1) is 0 Å². The summed E-state index contributed by atoms with van der Waals surface area (Å²) in [5.74, 6) is -1.98. The fraction of sp³-hybridized carbons (Fsp3) is 0.167. The molecule has 2 amide bonds. The van der Waals surface area contributed by atoms with Gasteiger partial charge in [0.05, 0.1) is 0 Å². The van der Waals surface area contributed by atoms with Crippen LogP contribution in [0.3, 0.4) is 0 Å². The average molecular weight is 344 g/mol. The molecule has 2 rings (SSSR count). The molecule has 3 N–H and O–H groups in total. The minimum atomic E-state index is -1.06. The van der Waals surface area contributed by atoms with Crippen LogP contribution in [0.4, 0.5) is 4.39 Å². The first-order chi connectivity index (χ1) is 11.9. The van der Waals surface area contributed by atoms with Gasteiger partial charge in [-0.05, 0) is 35.9 Å². The van der Waals surface area contributed by atoms with Crippen molar-refractivity contribution < 1.29 is 23.5 Å². The van der Waals surface area contributed by atoms with Crippen LogP contribution in [0.1, 0.15) is 22.8 Å². The lowest BCUT2D eigenvalue weighted by Gasteiger charge is -2.16. The largest absolute Gasteiger partial charge is 0.427 e. The standard InChI is InChI=1S/C18H17FN2O4/c1-11(22)25-14-8-6-12(7-9-14)18(24)21-16(17(20)23)10-13-4-2-3-5-15(13)19/h2-9,16H,10H2,1H3,(H2,20,23)(H,21,24)/t16-/m1/s1. The quantitative estimate of drug-likeness (QED) is 0.614. The fourth-order valence-corrected chi connectivity index (χ4v) is 2.19. The summed E-state index contributed by atoms with van der Waals surface area (Å²) in [5, 5.41) is 2.48. The predicted molar refractivity (Wildman–Crippen MR) is 88.3 cm³/mol. The second-order valence-electron chi connectivity index (χ2n) is 5.34. The molecule has 0 aliphatic rings. The zero-order valence-corrected chi connectivity index (χ0v) is 13.5. The summed E-state index contributed by atoms with van der Waals surface area (Å²) in [7, 11) is 0. The molecule has 130 valence electrons. The molecule has 0 aliphatic carbocycles. The zero-order chi connectivity index (χ0) is 18.4. The van der Waals surface area contributed by atoms with E-state index in [0.717, 1.165) is 0 Å². The zero-order valence-electron chi connectivity index (χ0n) is 13.5. The van der Waals surface area contributed by atoms with Crippen LogP contribution in [0.5, 0.6) is 5.75 Å². The van der Waals surface area contributed by atoms with E-state index in [1.165, 1.54) is 49.4 Å². The Balaban J connectivity index is 2.08. The molecule has 0 radical (unpaired) electrons. The summed E-state index contributed by atoms with van der Waals surface area (Å²) in [6, 6.07) is 10.7. The van der Waals surface area contributed by atoms with E-state index >= 15 is 0 Å². The first-order valence-corrected chi connectivity index (χ1v) is 7.49. The van der Waals surface area contributed by atoms with Crippen LogP contribution in [-0.2, 0) is 16.0 Å². The van der Waals surface area contributed by atoms with Gasteiger partial charge in [0.1, 0.15) is 17.6 Å². The molecule has 0 saturated carbocycles. The van der Waals surface area contributed by atoms with Gasteiger partial charge in [-0.1, -0.05) is 18.2 Å². The van der Waals surface area contributed by atoms with Crippen LogP contribution in [0, 0.1) is 5.82 Å². The molecule has 2 aromatic rings. The number of hydrogen-bond donors (Lipinski definition) is 2. The van der Waals surface area contributed by atoms with Gasteiger partial charge in [-0.3, -0.25) is 14.4 Å². The number of carbonyl (C=O) groups is 3. The number of nitrogens with two attached hydrogens (primary N) is 1. The summed E-state index contributed by atoms with van der Waals surface area (Å²) in [6.07, 6.45) is -0.0563. The average Bonchev–Trinajstić information content (AvgIpc) is 2.56. The number of esters is 1. The summed E-state index contributed by atoms with van der Waals surface area (Å²) in [5.41, 5.74) is 5.83. The van der Waals surface area contributed by atoms with Crippen LogP contribution < -0.4 is 15.8 Å². The van der Waals surface area contributed by atoms with E-state index in [9.17, 15) is 18.8 Å². The maximum Gasteiger partial charge on any atom is 0.308 e. The third kappa shape index (κ3) is 5.13. The number of amides is 2. The normalized spacial score (nSPS) is 11.4. The van der Waals surface area contributed by atoms with Crippen molar-refractivity contribution in [3.63, 3.8) is 0 Å². The summed E-state index contributed by atoms with van der Waals surface area (Å²) < 4.78 is 18.6. The van der Waals surface area contributed by atoms with Crippen molar-refractivity contribution in [2.45, 2.75) is 19.4 Å². The van der Waals surface area contributed by atoms with Crippen LogP contribution in [0.2, 0.25) is 0 Å². The molecule has 0 spiro atoms. The third-order valence-corrected chi connectivity index (χ3v) is 3.41. The number of ether oxygens (including phenoxy) is 1. The van der Waals surface area contributed by atoms with Crippen molar-refractivity contribution >= 4 is 17.8 Å². The number of hydrogen-bond acceptors (Lipinski definition) is 4. The van der Waals surface area contributed by atoms with E-state index in [2.05, 4.69) is 5.32 Å². The topological polar surface area (TPSA) is 98.5 Å². The molecular weight excluding hydrogens is 327 g/mol. The summed E-state index contributed by atoms with van der Waals surface area (Å²) in [4.78, 5) is 34.7. The molecule has 0 aliphatic heterocycles. The van der Waals surface area contributed by atoms with Gasteiger partial charge >= 0.3 is 5.97 Å².